The van der Waals surface area contributed by atoms with Gasteiger partial charge in [0.1, 0.15) is 11.5 Å². The summed E-state index contributed by atoms with van der Waals surface area (Å²) in [6.07, 6.45) is -0.684. The van der Waals surface area contributed by atoms with Crippen LogP contribution in [0.1, 0.15) is 17.2 Å². The number of benzene rings is 2. The number of imidazole rings is 1. The first-order valence-corrected chi connectivity index (χ1v) is 8.98. The molecule has 0 spiro atoms. The smallest absolute Gasteiger partial charge is 0.168 e. The number of methoxy groups -OCH3 is 2. The van der Waals surface area contributed by atoms with Gasteiger partial charge in [-0.3, -0.25) is 0 Å². The zero-order valence-electron chi connectivity index (χ0n) is 14.8. The number of aryl methyl sites for hydroxylation is 2. The highest BCUT2D eigenvalue weighted by Crippen LogP contribution is 2.33. The molecule has 0 bridgehead atoms. The second kappa shape index (κ2) is 7.37. The van der Waals surface area contributed by atoms with Gasteiger partial charge in [-0.15, -0.1) is 0 Å². The molecule has 1 aromatic heterocycles. The Bertz CT molecular complexity index is 892. The largest absolute Gasteiger partial charge is 0.497 e. The maximum Gasteiger partial charge on any atom is 0.168 e. The molecule has 0 saturated carbocycles. The Hall–Kier alpha value is -2.18. The average molecular weight is 358 g/mol. The van der Waals surface area contributed by atoms with Crippen LogP contribution in [0.5, 0.6) is 11.5 Å². The lowest BCUT2D eigenvalue weighted by Gasteiger charge is -2.15. The summed E-state index contributed by atoms with van der Waals surface area (Å²) in [6, 6.07) is 11.6. The molecule has 1 atom stereocenters. The van der Waals surface area contributed by atoms with Gasteiger partial charge in [0.15, 0.2) is 5.16 Å². The lowest BCUT2D eigenvalue weighted by Crippen LogP contribution is -2.05. The number of hydrogen-bond acceptors (Lipinski definition) is 5. The summed E-state index contributed by atoms with van der Waals surface area (Å²) in [4.78, 5) is 4.67. The van der Waals surface area contributed by atoms with E-state index in [0.717, 1.165) is 16.2 Å². The number of aliphatic hydroxyl groups is 1. The van der Waals surface area contributed by atoms with Gasteiger partial charge in [0.05, 0.1) is 31.4 Å². The Labute approximate surface area is 151 Å². The van der Waals surface area contributed by atoms with Crippen molar-refractivity contribution in [2.24, 2.45) is 7.05 Å². The first-order chi connectivity index (χ1) is 12.0. The molecule has 6 heteroatoms. The highest BCUT2D eigenvalue weighted by molar-refractivity contribution is 7.99. The minimum atomic E-state index is -0.684. The van der Waals surface area contributed by atoms with E-state index in [-0.39, 0.29) is 0 Å². The lowest BCUT2D eigenvalue weighted by atomic mass is 10.1. The summed E-state index contributed by atoms with van der Waals surface area (Å²) in [6.45, 7) is 2.06. The molecule has 0 fully saturated rings. The van der Waals surface area contributed by atoms with Crippen molar-refractivity contribution in [2.45, 2.75) is 18.2 Å². The van der Waals surface area contributed by atoms with Crippen molar-refractivity contribution in [1.29, 1.82) is 0 Å². The molecule has 0 saturated heterocycles. The van der Waals surface area contributed by atoms with Crippen molar-refractivity contribution in [1.82, 2.24) is 9.55 Å². The normalized spacial score (nSPS) is 12.4. The van der Waals surface area contributed by atoms with E-state index >= 15 is 0 Å². The van der Waals surface area contributed by atoms with Crippen molar-refractivity contribution in [3.63, 3.8) is 0 Å². The monoisotopic (exact) mass is 358 g/mol. The Morgan fingerprint density at radius 3 is 2.68 bits per heavy atom. The fraction of sp³-hybridized carbons (Fsp3) is 0.316. The van der Waals surface area contributed by atoms with E-state index in [9.17, 15) is 5.11 Å². The molecule has 2 aromatic carbocycles. The molecule has 0 aliphatic rings. The quantitative estimate of drug-likeness (QED) is 0.681. The standard InChI is InChI=1S/C19H22N2O3S/c1-12-5-7-16-15(9-12)20-19(21(16)2)25-11-17(22)14-10-13(23-3)6-8-18(14)24-4/h5-10,17,22H,11H2,1-4H3/t17-/m0/s1. The van der Waals surface area contributed by atoms with Crippen LogP contribution in [-0.2, 0) is 7.05 Å². The number of aromatic nitrogens is 2. The van der Waals surface area contributed by atoms with Crippen LogP contribution in [0.4, 0.5) is 0 Å². The second-order valence-corrected chi connectivity index (χ2v) is 6.87. The van der Waals surface area contributed by atoms with Gasteiger partial charge in [0.25, 0.3) is 0 Å². The topological polar surface area (TPSA) is 56.5 Å². The molecule has 0 unspecified atom stereocenters. The SMILES string of the molecule is COc1ccc(OC)c([C@@H](O)CSc2nc3cc(C)ccc3n2C)c1. The molecule has 132 valence electrons. The molecular weight excluding hydrogens is 336 g/mol. The minimum absolute atomic E-state index is 0.472. The van der Waals surface area contributed by atoms with Crippen LogP contribution in [0.3, 0.4) is 0 Å². The number of ether oxygens (including phenoxy) is 2. The van der Waals surface area contributed by atoms with Crippen LogP contribution in [0.15, 0.2) is 41.6 Å². The fourth-order valence-corrected chi connectivity index (χ4v) is 3.70. The van der Waals surface area contributed by atoms with Crippen LogP contribution in [0, 0.1) is 6.92 Å². The van der Waals surface area contributed by atoms with Crippen molar-refractivity contribution in [2.75, 3.05) is 20.0 Å². The zero-order chi connectivity index (χ0) is 18.0. The van der Waals surface area contributed by atoms with E-state index < -0.39 is 6.10 Å². The predicted molar refractivity (Wildman–Crippen MR) is 101 cm³/mol. The van der Waals surface area contributed by atoms with E-state index in [1.807, 2.05) is 19.2 Å². The third-order valence-corrected chi connectivity index (χ3v) is 5.27. The van der Waals surface area contributed by atoms with Crippen LogP contribution in [0.2, 0.25) is 0 Å². The number of nitrogens with zero attached hydrogens (tertiary/aromatic N) is 2. The minimum Gasteiger partial charge on any atom is -0.497 e. The summed E-state index contributed by atoms with van der Waals surface area (Å²) in [5.41, 5.74) is 3.95. The Kier molecular flexibility index (Phi) is 5.20. The lowest BCUT2D eigenvalue weighted by molar-refractivity contribution is 0.198. The van der Waals surface area contributed by atoms with E-state index in [2.05, 4.69) is 34.7 Å². The summed E-state index contributed by atoms with van der Waals surface area (Å²) in [5, 5.41) is 11.5. The van der Waals surface area contributed by atoms with E-state index in [4.69, 9.17) is 9.47 Å². The van der Waals surface area contributed by atoms with E-state index in [1.165, 1.54) is 17.3 Å². The Balaban J connectivity index is 1.81. The number of hydrogen-bond donors (Lipinski definition) is 1. The van der Waals surface area contributed by atoms with Crippen LogP contribution >= 0.6 is 11.8 Å². The molecule has 3 aromatic rings. The summed E-state index contributed by atoms with van der Waals surface area (Å²) < 4.78 is 12.7. The van der Waals surface area contributed by atoms with Gasteiger partial charge < -0.3 is 19.1 Å². The second-order valence-electron chi connectivity index (χ2n) is 5.88. The maximum atomic E-state index is 10.6. The van der Waals surface area contributed by atoms with Crippen molar-refractivity contribution >= 4 is 22.8 Å². The molecule has 0 aliphatic heterocycles. The number of fused-ring (bicyclic) bond motifs is 1. The van der Waals surface area contributed by atoms with Gasteiger partial charge in [-0.05, 0) is 42.8 Å². The van der Waals surface area contributed by atoms with Crippen molar-refractivity contribution in [3.05, 3.63) is 47.5 Å². The third-order valence-electron chi connectivity index (χ3n) is 4.16. The van der Waals surface area contributed by atoms with Gasteiger partial charge in [-0.1, -0.05) is 17.8 Å². The molecule has 5 nitrogen and oxygen atoms in total. The van der Waals surface area contributed by atoms with Crippen LogP contribution in [-0.4, -0.2) is 34.6 Å². The highest BCUT2D eigenvalue weighted by atomic mass is 32.2. The molecule has 0 amide bonds. The van der Waals surface area contributed by atoms with Crippen LogP contribution < -0.4 is 9.47 Å². The number of thioether (sulfide) groups is 1. The van der Waals surface area contributed by atoms with Crippen LogP contribution in [0.25, 0.3) is 11.0 Å². The molecule has 1 N–H and O–H groups in total. The first kappa shape index (κ1) is 17.6. The summed E-state index contributed by atoms with van der Waals surface area (Å²) in [7, 11) is 5.19. The number of aliphatic hydroxyl groups excluding tert-OH is 1. The number of rotatable bonds is 6. The average Bonchev–Trinajstić information content (AvgIpc) is 2.94. The molecular formula is C19H22N2O3S. The third kappa shape index (κ3) is 3.60. The first-order valence-electron chi connectivity index (χ1n) is 7.99. The van der Waals surface area contributed by atoms with Crippen molar-refractivity contribution < 1.29 is 14.6 Å². The molecule has 3 rings (SSSR count). The molecule has 1 heterocycles. The molecule has 0 aliphatic carbocycles. The Morgan fingerprint density at radius 1 is 1.16 bits per heavy atom. The Morgan fingerprint density at radius 2 is 1.96 bits per heavy atom. The highest BCUT2D eigenvalue weighted by Gasteiger charge is 2.17. The van der Waals surface area contributed by atoms with E-state index in [1.54, 1.807) is 20.3 Å². The molecule has 25 heavy (non-hydrogen) atoms. The van der Waals surface area contributed by atoms with Gasteiger partial charge in [-0.2, -0.15) is 0 Å². The van der Waals surface area contributed by atoms with Gasteiger partial charge in [0.2, 0.25) is 0 Å². The van der Waals surface area contributed by atoms with Crippen molar-refractivity contribution in [3.8, 4) is 11.5 Å². The predicted octanol–water partition coefficient (Wildman–Crippen LogP) is 3.72. The van der Waals surface area contributed by atoms with Gasteiger partial charge >= 0.3 is 0 Å². The summed E-state index contributed by atoms with van der Waals surface area (Å²) in [5.74, 6) is 1.81. The van der Waals surface area contributed by atoms with Gasteiger partial charge in [-0.25, -0.2) is 4.98 Å². The summed E-state index contributed by atoms with van der Waals surface area (Å²) >= 11 is 1.52. The molecule has 0 radical (unpaired) electrons. The fourth-order valence-electron chi connectivity index (χ4n) is 2.76. The van der Waals surface area contributed by atoms with E-state index in [0.29, 0.717) is 22.8 Å². The van der Waals surface area contributed by atoms with Gasteiger partial charge in [0, 0.05) is 18.4 Å². The maximum absolute atomic E-state index is 10.6. The zero-order valence-corrected chi connectivity index (χ0v) is 15.6.